The first-order valence-corrected chi connectivity index (χ1v) is 12.0. The molecule has 1 aliphatic rings. The van der Waals surface area contributed by atoms with Gasteiger partial charge in [0.05, 0.1) is 29.5 Å². The highest BCUT2D eigenvalue weighted by atomic mass is 16.3. The van der Waals surface area contributed by atoms with Gasteiger partial charge in [-0.2, -0.15) is 0 Å². The topological polar surface area (TPSA) is 75.5 Å². The van der Waals surface area contributed by atoms with Crippen molar-refractivity contribution in [2.24, 2.45) is 7.05 Å². The van der Waals surface area contributed by atoms with E-state index in [1.54, 1.807) is 13.0 Å². The number of likely N-dealkylation sites (tertiary alicyclic amines) is 1. The van der Waals surface area contributed by atoms with Crippen molar-refractivity contribution in [1.29, 1.82) is 0 Å². The molecule has 2 aromatic carbocycles. The first kappa shape index (κ1) is 21.7. The summed E-state index contributed by atoms with van der Waals surface area (Å²) in [6.45, 7) is 6.48. The average Bonchev–Trinajstić information content (AvgIpc) is 2.97. The van der Waals surface area contributed by atoms with Crippen molar-refractivity contribution in [1.82, 2.24) is 9.55 Å². The molecule has 0 aliphatic carbocycles. The van der Waals surface area contributed by atoms with Crippen molar-refractivity contribution < 1.29 is 14.4 Å². The number of quaternary nitrogens is 1. The van der Waals surface area contributed by atoms with Crippen LogP contribution in [0.25, 0.3) is 33.4 Å². The zero-order valence-corrected chi connectivity index (χ0v) is 19.7. The van der Waals surface area contributed by atoms with Gasteiger partial charge in [-0.15, -0.1) is 0 Å². The molecular weight excluding hydrogens is 414 g/mol. The second kappa shape index (κ2) is 8.67. The van der Waals surface area contributed by atoms with Crippen LogP contribution >= 0.6 is 0 Å². The van der Waals surface area contributed by atoms with Crippen LogP contribution in [-0.2, 0) is 20.0 Å². The van der Waals surface area contributed by atoms with E-state index in [1.165, 1.54) is 30.6 Å². The van der Waals surface area contributed by atoms with E-state index in [9.17, 15) is 9.90 Å². The van der Waals surface area contributed by atoms with Crippen molar-refractivity contribution in [2.45, 2.75) is 52.5 Å². The van der Waals surface area contributed by atoms with Crippen LogP contribution < -0.4 is 15.4 Å². The lowest BCUT2D eigenvalue weighted by Gasteiger charge is -2.24. The van der Waals surface area contributed by atoms with Gasteiger partial charge in [0.1, 0.15) is 29.3 Å². The molecule has 0 spiro atoms. The summed E-state index contributed by atoms with van der Waals surface area (Å²) in [6.07, 6.45) is 5.44. The highest BCUT2D eigenvalue weighted by molar-refractivity contribution is 5.88. The van der Waals surface area contributed by atoms with E-state index >= 15 is 0 Å². The number of fused-ring (bicyclic) bond motifs is 2. The Hall–Kier alpha value is -3.12. The molecule has 1 fully saturated rings. The summed E-state index contributed by atoms with van der Waals surface area (Å²) in [5.41, 5.74) is 3.93. The smallest absolute Gasteiger partial charge is 0.203 e. The Balaban J connectivity index is 1.72. The molecule has 5 rings (SSSR count). The van der Waals surface area contributed by atoms with Crippen LogP contribution in [0.15, 0.2) is 39.5 Å². The zero-order valence-electron chi connectivity index (χ0n) is 19.7. The van der Waals surface area contributed by atoms with Crippen LogP contribution in [0.4, 0.5) is 0 Å². The van der Waals surface area contributed by atoms with Crippen molar-refractivity contribution in [3.63, 3.8) is 0 Å². The molecule has 0 atom stereocenters. The summed E-state index contributed by atoms with van der Waals surface area (Å²) in [7, 11) is 1.92. The predicted molar refractivity (Wildman–Crippen MR) is 129 cm³/mol. The molecule has 172 valence electrons. The van der Waals surface area contributed by atoms with E-state index in [2.05, 4.69) is 0 Å². The van der Waals surface area contributed by atoms with E-state index in [0.29, 0.717) is 52.2 Å². The van der Waals surface area contributed by atoms with Gasteiger partial charge >= 0.3 is 0 Å². The highest BCUT2D eigenvalue weighted by Crippen LogP contribution is 2.32. The molecule has 0 amide bonds. The fraction of sp³-hybridized carbons (Fsp3) is 0.407. The van der Waals surface area contributed by atoms with Gasteiger partial charge in [0.2, 0.25) is 5.43 Å². The van der Waals surface area contributed by atoms with Gasteiger partial charge in [0.25, 0.3) is 0 Å². The first-order chi connectivity index (χ1) is 16.0. The number of rotatable bonds is 4. The Labute approximate surface area is 193 Å². The number of hydrogen-bond donors (Lipinski definition) is 1. The number of aryl methyl sites for hydroxylation is 3. The molecule has 3 heterocycles. The fourth-order valence-electron chi connectivity index (χ4n) is 5.26. The number of benzene rings is 2. The van der Waals surface area contributed by atoms with Gasteiger partial charge in [0.15, 0.2) is 0 Å². The monoisotopic (exact) mass is 445 g/mol. The molecule has 1 saturated heterocycles. The normalized spacial score (nSPS) is 15.4. The van der Waals surface area contributed by atoms with Crippen LogP contribution in [0.1, 0.15) is 49.5 Å². The highest BCUT2D eigenvalue weighted by Gasteiger charge is 2.23. The molecule has 0 saturated carbocycles. The van der Waals surface area contributed by atoms with E-state index in [4.69, 9.17) is 9.40 Å². The lowest BCUT2D eigenvalue weighted by molar-refractivity contribution is -0.913. The van der Waals surface area contributed by atoms with Crippen molar-refractivity contribution >= 4 is 22.0 Å². The number of imidazole rings is 1. The summed E-state index contributed by atoms with van der Waals surface area (Å²) in [5.74, 6) is 1.12. The van der Waals surface area contributed by atoms with Gasteiger partial charge < -0.3 is 19.0 Å². The largest absolute Gasteiger partial charge is 0.872 e. The van der Waals surface area contributed by atoms with Crippen molar-refractivity contribution in [2.75, 3.05) is 13.1 Å². The van der Waals surface area contributed by atoms with Gasteiger partial charge in [-0.3, -0.25) is 4.79 Å². The van der Waals surface area contributed by atoms with Crippen LogP contribution in [0.5, 0.6) is 5.75 Å². The molecule has 4 aromatic rings. The van der Waals surface area contributed by atoms with Gasteiger partial charge in [-0.05, 0) is 57.2 Å². The van der Waals surface area contributed by atoms with Gasteiger partial charge in [-0.1, -0.05) is 30.4 Å². The Morgan fingerprint density at radius 3 is 2.58 bits per heavy atom. The lowest BCUT2D eigenvalue weighted by Crippen LogP contribution is -3.10. The molecule has 0 bridgehead atoms. The minimum atomic E-state index is -0.117. The molecule has 6 nitrogen and oxygen atoms in total. The van der Waals surface area contributed by atoms with Crippen molar-refractivity contribution in [3.05, 3.63) is 57.4 Å². The first-order valence-electron chi connectivity index (χ1n) is 12.0. The summed E-state index contributed by atoms with van der Waals surface area (Å²) in [6, 6.07) is 9.58. The van der Waals surface area contributed by atoms with E-state index in [-0.39, 0.29) is 11.2 Å². The Morgan fingerprint density at radius 2 is 1.88 bits per heavy atom. The Morgan fingerprint density at radius 1 is 1.15 bits per heavy atom. The molecule has 0 radical (unpaired) electrons. The van der Waals surface area contributed by atoms with Gasteiger partial charge in [0, 0.05) is 12.6 Å². The maximum absolute atomic E-state index is 13.8. The van der Waals surface area contributed by atoms with E-state index < -0.39 is 0 Å². The van der Waals surface area contributed by atoms with E-state index in [1.807, 2.05) is 42.8 Å². The van der Waals surface area contributed by atoms with E-state index in [0.717, 1.165) is 24.1 Å². The number of hydrogen-bond acceptors (Lipinski definition) is 4. The van der Waals surface area contributed by atoms with Crippen LogP contribution in [0, 0.1) is 6.92 Å². The van der Waals surface area contributed by atoms with Crippen LogP contribution in [0.2, 0.25) is 0 Å². The predicted octanol–water partition coefficient (Wildman–Crippen LogP) is 3.25. The number of nitrogens with one attached hydrogen (secondary N) is 1. The third-order valence-electron chi connectivity index (χ3n) is 7.11. The molecular formula is C27H31N3O3. The third-order valence-corrected chi connectivity index (χ3v) is 7.11. The summed E-state index contributed by atoms with van der Waals surface area (Å²) in [5, 5.41) is 13.8. The Kier molecular flexibility index (Phi) is 5.71. The number of nitrogens with zero attached hydrogens (tertiary/aromatic N) is 2. The maximum Gasteiger partial charge on any atom is 0.203 e. The minimum absolute atomic E-state index is 0.0276. The molecule has 1 aliphatic heterocycles. The van der Waals surface area contributed by atoms with Gasteiger partial charge in [-0.25, -0.2) is 4.98 Å². The second-order valence-corrected chi connectivity index (χ2v) is 9.26. The summed E-state index contributed by atoms with van der Waals surface area (Å²) >= 11 is 0. The number of aromatic nitrogens is 2. The fourth-order valence-corrected chi connectivity index (χ4v) is 5.26. The molecule has 2 aromatic heterocycles. The molecule has 33 heavy (non-hydrogen) atoms. The zero-order chi connectivity index (χ0) is 23.1. The lowest BCUT2D eigenvalue weighted by atomic mass is 9.99. The SMILES string of the molecule is CCc1cc2c(=O)c(-c3nc4ccccc4n3C)c(C)oc2c(C[NH+]2CCCCCC2)c1[O-]. The summed E-state index contributed by atoms with van der Waals surface area (Å²) < 4.78 is 8.23. The molecule has 1 N–H and O–H groups in total. The third kappa shape index (κ3) is 3.72. The number of para-hydroxylation sites is 2. The van der Waals surface area contributed by atoms with Crippen LogP contribution in [-0.4, -0.2) is 22.6 Å². The Bertz CT molecular complexity index is 1390. The maximum atomic E-state index is 13.8. The molecule has 0 unspecified atom stereocenters. The molecule has 6 heteroatoms. The quantitative estimate of drug-likeness (QED) is 0.523. The van der Waals surface area contributed by atoms with Crippen LogP contribution in [0.3, 0.4) is 0 Å². The second-order valence-electron chi connectivity index (χ2n) is 9.26. The van der Waals surface area contributed by atoms with Crippen molar-refractivity contribution in [3.8, 4) is 17.1 Å². The minimum Gasteiger partial charge on any atom is -0.872 e. The summed E-state index contributed by atoms with van der Waals surface area (Å²) in [4.78, 5) is 20.0. The average molecular weight is 446 g/mol. The standard InChI is InChI=1S/C27H31N3O3/c1-4-18-15-19-25(32)23(27-28-21-11-7-8-12-22(21)29(27)3)17(2)33-26(19)20(24(18)31)16-30-13-9-5-6-10-14-30/h7-8,11-12,15,31H,4-6,9-10,13-14,16H2,1-3H3.